The number of aliphatic hydroxyl groups is 1. The van der Waals surface area contributed by atoms with E-state index in [4.69, 9.17) is 11.6 Å². The molecule has 2 aromatic carbocycles. The quantitative estimate of drug-likeness (QED) is 0.765. The minimum Gasteiger partial charge on any atom is -0.374 e. The summed E-state index contributed by atoms with van der Waals surface area (Å²) >= 11 is 5.79. The van der Waals surface area contributed by atoms with Crippen LogP contribution in [0, 0.1) is 6.92 Å². The molecule has 2 aromatic rings. The molecule has 0 radical (unpaired) electrons. The van der Waals surface area contributed by atoms with Crippen LogP contribution in [0.4, 0.5) is 22.0 Å². The smallest absolute Gasteiger partial charge is 0.374 e. The topological polar surface area (TPSA) is 20.2 Å². The van der Waals surface area contributed by atoms with Crippen LogP contribution < -0.4 is 0 Å². The van der Waals surface area contributed by atoms with Crippen molar-refractivity contribution in [3.05, 3.63) is 70.2 Å². The van der Waals surface area contributed by atoms with Crippen LogP contribution >= 0.6 is 11.6 Å². The van der Waals surface area contributed by atoms with Gasteiger partial charge in [0.05, 0.1) is 0 Å². The van der Waals surface area contributed by atoms with E-state index in [1.165, 1.54) is 24.3 Å². The summed E-state index contributed by atoms with van der Waals surface area (Å²) < 4.78 is 67.3. The van der Waals surface area contributed by atoms with Gasteiger partial charge in [-0.3, -0.25) is 0 Å². The lowest BCUT2D eigenvalue weighted by Gasteiger charge is -2.38. The zero-order valence-electron chi connectivity index (χ0n) is 11.8. The van der Waals surface area contributed by atoms with Crippen molar-refractivity contribution in [2.75, 3.05) is 0 Å². The highest BCUT2D eigenvalue weighted by molar-refractivity contribution is 6.31. The van der Waals surface area contributed by atoms with Crippen LogP contribution in [0.3, 0.4) is 0 Å². The SMILES string of the molecule is Cc1ccc(C(O)(c2ccccc2Cl)C(F)(F)C(F)(F)F)cc1. The van der Waals surface area contributed by atoms with Gasteiger partial charge in [-0.25, -0.2) is 0 Å². The molecule has 0 saturated carbocycles. The van der Waals surface area contributed by atoms with Crippen LogP contribution in [0.2, 0.25) is 5.02 Å². The van der Waals surface area contributed by atoms with E-state index in [-0.39, 0.29) is 5.02 Å². The molecule has 1 N–H and O–H groups in total. The Balaban J connectivity index is 2.80. The molecule has 1 nitrogen and oxygen atoms in total. The van der Waals surface area contributed by atoms with Gasteiger partial charge in [0.2, 0.25) is 0 Å². The fourth-order valence-corrected chi connectivity index (χ4v) is 2.53. The first-order valence-electron chi connectivity index (χ1n) is 6.51. The first-order valence-corrected chi connectivity index (χ1v) is 6.88. The third-order valence-corrected chi connectivity index (χ3v) is 3.87. The van der Waals surface area contributed by atoms with E-state index in [1.807, 2.05) is 0 Å². The predicted octanol–water partition coefficient (Wildman–Crippen LogP) is 5.08. The van der Waals surface area contributed by atoms with E-state index in [0.29, 0.717) is 5.56 Å². The second-order valence-electron chi connectivity index (χ2n) is 5.13. The number of rotatable bonds is 3. The maximum atomic E-state index is 14.2. The van der Waals surface area contributed by atoms with Gasteiger partial charge in [-0.2, -0.15) is 22.0 Å². The van der Waals surface area contributed by atoms with Gasteiger partial charge in [0.1, 0.15) is 0 Å². The molecule has 0 saturated heterocycles. The Hall–Kier alpha value is -1.66. The first kappa shape index (κ1) is 17.7. The van der Waals surface area contributed by atoms with Crippen molar-refractivity contribution in [1.29, 1.82) is 0 Å². The maximum absolute atomic E-state index is 14.2. The monoisotopic (exact) mass is 350 g/mol. The number of hydrogen-bond acceptors (Lipinski definition) is 1. The summed E-state index contributed by atoms with van der Waals surface area (Å²) in [7, 11) is 0. The molecule has 7 heteroatoms. The van der Waals surface area contributed by atoms with Gasteiger partial charge in [0.15, 0.2) is 5.60 Å². The van der Waals surface area contributed by atoms with E-state index >= 15 is 0 Å². The summed E-state index contributed by atoms with van der Waals surface area (Å²) in [4.78, 5) is 0. The highest BCUT2D eigenvalue weighted by atomic mass is 35.5. The Bertz CT molecular complexity index is 696. The predicted molar refractivity (Wildman–Crippen MR) is 76.6 cm³/mol. The van der Waals surface area contributed by atoms with Crippen LogP contribution in [-0.2, 0) is 5.60 Å². The summed E-state index contributed by atoms with van der Waals surface area (Å²) in [5.74, 6) is -5.44. The van der Waals surface area contributed by atoms with E-state index in [2.05, 4.69) is 0 Å². The second kappa shape index (κ2) is 5.76. The van der Waals surface area contributed by atoms with Crippen molar-refractivity contribution in [1.82, 2.24) is 0 Å². The number of alkyl halides is 5. The van der Waals surface area contributed by atoms with Gasteiger partial charge >= 0.3 is 12.1 Å². The van der Waals surface area contributed by atoms with E-state index in [9.17, 15) is 27.1 Å². The van der Waals surface area contributed by atoms with Gasteiger partial charge in [-0.1, -0.05) is 59.6 Å². The summed E-state index contributed by atoms with van der Waals surface area (Å²) in [6.07, 6.45) is -5.97. The average molecular weight is 351 g/mol. The molecular weight excluding hydrogens is 339 g/mol. The molecule has 0 bridgehead atoms. The number of benzene rings is 2. The van der Waals surface area contributed by atoms with Crippen molar-refractivity contribution in [2.45, 2.75) is 24.6 Å². The van der Waals surface area contributed by atoms with Gasteiger partial charge in [0.25, 0.3) is 0 Å². The molecule has 124 valence electrons. The van der Waals surface area contributed by atoms with Crippen molar-refractivity contribution in [3.63, 3.8) is 0 Å². The highest BCUT2D eigenvalue weighted by Crippen LogP contribution is 2.52. The summed E-state index contributed by atoms with van der Waals surface area (Å²) in [6.45, 7) is 1.64. The lowest BCUT2D eigenvalue weighted by atomic mass is 9.80. The minimum atomic E-state index is -5.97. The fraction of sp³-hybridized carbons (Fsp3) is 0.250. The molecule has 1 atom stereocenters. The molecule has 0 fully saturated rings. The summed E-state index contributed by atoms with van der Waals surface area (Å²) in [5, 5.41) is 10.1. The highest BCUT2D eigenvalue weighted by Gasteiger charge is 2.71. The molecule has 0 heterocycles. The molecule has 0 spiro atoms. The molecule has 0 aliphatic rings. The number of halogens is 6. The molecule has 2 rings (SSSR count). The van der Waals surface area contributed by atoms with E-state index in [0.717, 1.165) is 24.3 Å². The Morgan fingerprint density at radius 2 is 1.39 bits per heavy atom. The van der Waals surface area contributed by atoms with Gasteiger partial charge < -0.3 is 5.11 Å². The molecular formula is C16H12ClF5O. The largest absolute Gasteiger partial charge is 0.457 e. The Morgan fingerprint density at radius 1 is 0.870 bits per heavy atom. The fourth-order valence-electron chi connectivity index (χ4n) is 2.26. The average Bonchev–Trinajstić information content (AvgIpc) is 2.46. The van der Waals surface area contributed by atoms with Crippen LogP contribution in [0.25, 0.3) is 0 Å². The number of hydrogen-bond donors (Lipinski definition) is 1. The van der Waals surface area contributed by atoms with Crippen LogP contribution in [0.15, 0.2) is 48.5 Å². The van der Waals surface area contributed by atoms with Crippen molar-refractivity contribution >= 4 is 11.6 Å². The van der Waals surface area contributed by atoms with Crippen LogP contribution in [-0.4, -0.2) is 17.2 Å². The first-order chi connectivity index (χ1) is 10.5. The standard InChI is InChI=1S/C16H12ClF5O/c1-10-6-8-11(9-7-10)14(23,15(18,19)16(20,21)22)12-4-2-3-5-13(12)17/h2-9,23H,1H3. The van der Waals surface area contributed by atoms with Crippen molar-refractivity contribution < 1.29 is 27.1 Å². The van der Waals surface area contributed by atoms with Crippen LogP contribution in [0.5, 0.6) is 0 Å². The van der Waals surface area contributed by atoms with Crippen molar-refractivity contribution in [2.24, 2.45) is 0 Å². The summed E-state index contributed by atoms with van der Waals surface area (Å²) in [6, 6.07) is 9.41. The van der Waals surface area contributed by atoms with Gasteiger partial charge in [-0.15, -0.1) is 0 Å². The van der Waals surface area contributed by atoms with Gasteiger partial charge in [-0.05, 0) is 18.6 Å². The lowest BCUT2D eigenvalue weighted by Crippen LogP contribution is -2.55. The molecule has 0 aliphatic heterocycles. The van der Waals surface area contributed by atoms with E-state index < -0.39 is 28.8 Å². The molecule has 0 amide bonds. The maximum Gasteiger partial charge on any atom is 0.457 e. The van der Waals surface area contributed by atoms with Crippen LogP contribution in [0.1, 0.15) is 16.7 Å². The van der Waals surface area contributed by atoms with Gasteiger partial charge in [0, 0.05) is 10.6 Å². The molecule has 1 unspecified atom stereocenters. The zero-order valence-corrected chi connectivity index (χ0v) is 12.6. The Labute approximate surface area is 134 Å². The third-order valence-electron chi connectivity index (χ3n) is 3.54. The second-order valence-corrected chi connectivity index (χ2v) is 5.54. The third kappa shape index (κ3) is 2.81. The van der Waals surface area contributed by atoms with Crippen molar-refractivity contribution in [3.8, 4) is 0 Å². The normalized spacial score (nSPS) is 15.3. The zero-order chi connectivity index (χ0) is 17.5. The summed E-state index contributed by atoms with van der Waals surface area (Å²) in [5.41, 5.74) is -4.31. The lowest BCUT2D eigenvalue weighted by molar-refractivity contribution is -0.336. The Kier molecular flexibility index (Phi) is 4.43. The minimum absolute atomic E-state index is 0.389. The molecule has 23 heavy (non-hydrogen) atoms. The molecule has 0 aliphatic carbocycles. The molecule has 0 aromatic heterocycles. The number of aryl methyl sites for hydroxylation is 1. The Morgan fingerprint density at radius 3 is 1.87 bits per heavy atom. The van der Waals surface area contributed by atoms with E-state index in [1.54, 1.807) is 6.92 Å².